The Balaban J connectivity index is 2.13. The SMILES string of the molecule is CCCN1CCCCc2cc(C(=O)NCC(F)F)sc21. The molecule has 0 atom stereocenters. The molecule has 3 nitrogen and oxygen atoms in total. The van der Waals surface area contributed by atoms with Crippen molar-refractivity contribution >= 4 is 22.2 Å². The Morgan fingerprint density at radius 2 is 2.30 bits per heavy atom. The second kappa shape index (κ2) is 7.02. The molecule has 0 radical (unpaired) electrons. The lowest BCUT2D eigenvalue weighted by atomic mass is 10.1. The predicted molar refractivity (Wildman–Crippen MR) is 78.1 cm³/mol. The van der Waals surface area contributed by atoms with Gasteiger partial charge in [0.2, 0.25) is 0 Å². The molecule has 0 bridgehead atoms. The Morgan fingerprint density at radius 1 is 1.50 bits per heavy atom. The monoisotopic (exact) mass is 302 g/mol. The van der Waals surface area contributed by atoms with Crippen molar-refractivity contribution in [3.05, 3.63) is 16.5 Å². The molecule has 1 aromatic rings. The van der Waals surface area contributed by atoms with E-state index in [0.717, 1.165) is 43.8 Å². The van der Waals surface area contributed by atoms with Gasteiger partial charge in [0.1, 0.15) is 0 Å². The number of hydrogen-bond donors (Lipinski definition) is 1. The summed E-state index contributed by atoms with van der Waals surface area (Å²) < 4.78 is 24.3. The van der Waals surface area contributed by atoms with Gasteiger partial charge in [0.25, 0.3) is 12.3 Å². The van der Waals surface area contributed by atoms with Gasteiger partial charge in [-0.25, -0.2) is 8.78 Å². The minimum atomic E-state index is -2.51. The normalized spacial score (nSPS) is 15.1. The van der Waals surface area contributed by atoms with E-state index in [4.69, 9.17) is 0 Å². The molecule has 1 aromatic heterocycles. The van der Waals surface area contributed by atoms with Crippen LogP contribution in [0.15, 0.2) is 6.07 Å². The Hall–Kier alpha value is -1.17. The number of amides is 1. The van der Waals surface area contributed by atoms with Crippen molar-refractivity contribution in [1.29, 1.82) is 0 Å². The van der Waals surface area contributed by atoms with E-state index in [0.29, 0.717) is 4.88 Å². The number of carbonyl (C=O) groups is 1. The van der Waals surface area contributed by atoms with Crippen LogP contribution < -0.4 is 10.2 Å². The van der Waals surface area contributed by atoms with Crippen LogP contribution in [0.3, 0.4) is 0 Å². The first kappa shape index (κ1) is 15.2. The van der Waals surface area contributed by atoms with E-state index in [-0.39, 0.29) is 5.91 Å². The molecule has 0 saturated heterocycles. The number of fused-ring (bicyclic) bond motifs is 1. The summed E-state index contributed by atoms with van der Waals surface area (Å²) >= 11 is 1.43. The highest BCUT2D eigenvalue weighted by atomic mass is 32.1. The van der Waals surface area contributed by atoms with Crippen molar-refractivity contribution in [2.75, 3.05) is 24.5 Å². The minimum absolute atomic E-state index is 0.389. The first-order valence-electron chi connectivity index (χ1n) is 7.05. The van der Waals surface area contributed by atoms with Crippen LogP contribution in [-0.2, 0) is 6.42 Å². The average molecular weight is 302 g/mol. The number of carbonyl (C=O) groups excluding carboxylic acids is 1. The third kappa shape index (κ3) is 3.69. The fourth-order valence-electron chi connectivity index (χ4n) is 2.44. The van der Waals surface area contributed by atoms with E-state index in [1.54, 1.807) is 0 Å². The average Bonchev–Trinajstić information content (AvgIpc) is 2.75. The van der Waals surface area contributed by atoms with Crippen LogP contribution in [0, 0.1) is 0 Å². The molecule has 2 rings (SSSR count). The standard InChI is InChI=1S/C14H20F2N2OS/c1-2-6-18-7-4-3-5-10-8-11(20-14(10)18)13(19)17-9-12(15)16/h8,12H,2-7,9H2,1H3,(H,17,19). The summed E-state index contributed by atoms with van der Waals surface area (Å²) in [5, 5.41) is 3.42. The molecule has 0 aromatic carbocycles. The van der Waals surface area contributed by atoms with Gasteiger partial charge in [-0.05, 0) is 37.3 Å². The van der Waals surface area contributed by atoms with Crippen molar-refractivity contribution in [3.8, 4) is 0 Å². The van der Waals surface area contributed by atoms with E-state index in [1.165, 1.54) is 16.9 Å². The summed E-state index contributed by atoms with van der Waals surface area (Å²) in [6, 6.07) is 1.87. The summed E-state index contributed by atoms with van der Waals surface area (Å²) in [4.78, 5) is 14.7. The first-order valence-corrected chi connectivity index (χ1v) is 7.87. The molecule has 2 heterocycles. The smallest absolute Gasteiger partial charge is 0.261 e. The van der Waals surface area contributed by atoms with E-state index in [9.17, 15) is 13.6 Å². The number of anilines is 1. The third-order valence-corrected chi connectivity index (χ3v) is 4.57. The fourth-order valence-corrected chi connectivity index (χ4v) is 3.62. The van der Waals surface area contributed by atoms with Gasteiger partial charge in [0.15, 0.2) is 0 Å². The first-order chi connectivity index (χ1) is 9.61. The zero-order chi connectivity index (χ0) is 14.5. The van der Waals surface area contributed by atoms with Crippen LogP contribution in [0.25, 0.3) is 0 Å². The summed E-state index contributed by atoms with van der Waals surface area (Å²) in [6.07, 6.45) is 1.79. The minimum Gasteiger partial charge on any atom is -0.363 e. The van der Waals surface area contributed by atoms with E-state index in [2.05, 4.69) is 17.1 Å². The van der Waals surface area contributed by atoms with Crippen molar-refractivity contribution in [1.82, 2.24) is 5.32 Å². The number of nitrogens with zero attached hydrogens (tertiary/aromatic N) is 1. The number of rotatable bonds is 5. The number of halogens is 2. The lowest BCUT2D eigenvalue weighted by molar-refractivity contribution is 0.0895. The fraction of sp³-hybridized carbons (Fsp3) is 0.643. The molecule has 0 saturated carbocycles. The molecule has 0 spiro atoms. The number of hydrogen-bond acceptors (Lipinski definition) is 3. The maximum atomic E-state index is 12.1. The highest BCUT2D eigenvalue weighted by Crippen LogP contribution is 2.35. The van der Waals surface area contributed by atoms with Gasteiger partial charge in [-0.1, -0.05) is 6.92 Å². The molecule has 0 aliphatic carbocycles. The van der Waals surface area contributed by atoms with Crippen LogP contribution in [-0.4, -0.2) is 32.0 Å². The van der Waals surface area contributed by atoms with Gasteiger partial charge < -0.3 is 10.2 Å². The van der Waals surface area contributed by atoms with E-state index < -0.39 is 13.0 Å². The van der Waals surface area contributed by atoms with Crippen molar-refractivity contribution < 1.29 is 13.6 Å². The van der Waals surface area contributed by atoms with Gasteiger partial charge >= 0.3 is 0 Å². The number of thiophene rings is 1. The van der Waals surface area contributed by atoms with Crippen molar-refractivity contribution in [3.63, 3.8) is 0 Å². The molecular weight excluding hydrogens is 282 g/mol. The Labute approximate surface area is 122 Å². The van der Waals surface area contributed by atoms with Crippen molar-refractivity contribution in [2.45, 2.75) is 39.0 Å². The van der Waals surface area contributed by atoms with Gasteiger partial charge in [-0.2, -0.15) is 0 Å². The quantitative estimate of drug-likeness (QED) is 0.905. The molecule has 20 heavy (non-hydrogen) atoms. The van der Waals surface area contributed by atoms with Gasteiger partial charge in [0.05, 0.1) is 16.4 Å². The van der Waals surface area contributed by atoms with Gasteiger partial charge in [-0.3, -0.25) is 4.79 Å². The Kier molecular flexibility index (Phi) is 5.34. The van der Waals surface area contributed by atoms with E-state index >= 15 is 0 Å². The van der Waals surface area contributed by atoms with Crippen LogP contribution in [0.2, 0.25) is 0 Å². The molecule has 1 aliphatic rings. The van der Waals surface area contributed by atoms with Crippen molar-refractivity contribution in [2.24, 2.45) is 0 Å². The number of alkyl halides is 2. The molecule has 112 valence electrons. The highest BCUT2D eigenvalue weighted by Gasteiger charge is 2.21. The predicted octanol–water partition coefficient (Wildman–Crippen LogP) is 3.30. The zero-order valence-corrected chi connectivity index (χ0v) is 12.4. The molecule has 1 amide bonds. The maximum absolute atomic E-state index is 12.1. The summed E-state index contributed by atoms with van der Waals surface area (Å²) in [5.74, 6) is -0.389. The van der Waals surface area contributed by atoms with Crippen LogP contribution >= 0.6 is 11.3 Å². The maximum Gasteiger partial charge on any atom is 0.261 e. The summed E-state index contributed by atoms with van der Waals surface area (Å²) in [5.41, 5.74) is 1.18. The molecule has 6 heteroatoms. The van der Waals surface area contributed by atoms with Crippen LogP contribution in [0.4, 0.5) is 13.8 Å². The zero-order valence-electron chi connectivity index (χ0n) is 11.6. The molecule has 0 unspecified atom stereocenters. The summed E-state index contributed by atoms with van der Waals surface area (Å²) in [6.45, 7) is 3.54. The topological polar surface area (TPSA) is 32.3 Å². The van der Waals surface area contributed by atoms with Crippen LogP contribution in [0.5, 0.6) is 0 Å². The van der Waals surface area contributed by atoms with Gasteiger partial charge in [-0.15, -0.1) is 11.3 Å². The largest absolute Gasteiger partial charge is 0.363 e. The summed E-state index contributed by atoms with van der Waals surface area (Å²) in [7, 11) is 0. The third-order valence-electron chi connectivity index (χ3n) is 3.33. The highest BCUT2D eigenvalue weighted by molar-refractivity contribution is 7.18. The molecule has 1 N–H and O–H groups in total. The van der Waals surface area contributed by atoms with Crippen LogP contribution in [0.1, 0.15) is 41.4 Å². The second-order valence-corrected chi connectivity index (χ2v) is 6.02. The van der Waals surface area contributed by atoms with E-state index in [1.807, 2.05) is 6.07 Å². The van der Waals surface area contributed by atoms with Gasteiger partial charge in [0, 0.05) is 13.1 Å². The lowest BCUT2D eigenvalue weighted by Crippen LogP contribution is -2.27. The Morgan fingerprint density at radius 3 is 3.00 bits per heavy atom. The number of nitrogens with one attached hydrogen (secondary N) is 1. The molecular formula is C14H20F2N2OS. The lowest BCUT2D eigenvalue weighted by Gasteiger charge is -2.21. The Bertz CT molecular complexity index is 462. The number of aryl methyl sites for hydroxylation is 1. The molecule has 1 aliphatic heterocycles. The molecule has 0 fully saturated rings. The second-order valence-electron chi connectivity index (χ2n) is 4.99.